The third-order valence-electron chi connectivity index (χ3n) is 3.51. The van der Waals surface area contributed by atoms with Crippen molar-refractivity contribution in [2.75, 3.05) is 0 Å². The van der Waals surface area contributed by atoms with Crippen LogP contribution in [0.2, 0.25) is 0 Å². The lowest BCUT2D eigenvalue weighted by Crippen LogP contribution is -2.65. The van der Waals surface area contributed by atoms with Gasteiger partial charge in [0.05, 0.1) is 0 Å². The van der Waals surface area contributed by atoms with Crippen molar-refractivity contribution in [1.82, 2.24) is 0 Å². The minimum absolute atomic E-state index is 0.0193. The van der Waals surface area contributed by atoms with Crippen LogP contribution >= 0.6 is 0 Å². The molecule has 1 N–H and O–H groups in total. The quantitative estimate of drug-likeness (QED) is 0.649. The van der Waals surface area contributed by atoms with Crippen molar-refractivity contribution in [1.29, 1.82) is 0 Å². The Balaban J connectivity index is 2.84. The van der Waals surface area contributed by atoms with E-state index in [1.165, 1.54) is 0 Å². The van der Waals surface area contributed by atoms with Gasteiger partial charge in [0.25, 0.3) is 0 Å². The fraction of sp³-hybridized carbons (Fsp3) is 0.917. The van der Waals surface area contributed by atoms with Gasteiger partial charge in [0, 0.05) is 5.92 Å². The van der Waals surface area contributed by atoms with Crippen molar-refractivity contribution >= 4 is 5.78 Å². The number of hydrogen-bond donors (Lipinski definition) is 1. The number of ketones is 1. The molecule has 0 aromatic heterocycles. The second-order valence-electron chi connectivity index (χ2n) is 6.60. The zero-order chi connectivity index (χ0) is 11.4. The first kappa shape index (κ1) is 11.7. The zero-order valence-corrected chi connectivity index (χ0v) is 10.1. The molecule has 0 aromatic rings. The number of hydrogen-bond acceptors (Lipinski definition) is 2. The van der Waals surface area contributed by atoms with Crippen LogP contribution in [-0.4, -0.2) is 16.5 Å². The maximum atomic E-state index is 11.9. The SMILES string of the molecule is CC(C)(C)C1CC(O)(C(C)(C)C)C1=O. The van der Waals surface area contributed by atoms with Gasteiger partial charge in [-0.2, -0.15) is 0 Å². The molecule has 0 aromatic carbocycles. The van der Waals surface area contributed by atoms with Crippen molar-refractivity contribution in [2.24, 2.45) is 16.7 Å². The molecule has 0 radical (unpaired) electrons. The number of Topliss-reactive ketones (excluding diaryl/α,β-unsaturated/α-hetero) is 1. The van der Waals surface area contributed by atoms with Crippen LogP contribution in [-0.2, 0) is 4.79 Å². The highest BCUT2D eigenvalue weighted by atomic mass is 16.3. The Kier molecular flexibility index (Phi) is 2.35. The molecule has 14 heavy (non-hydrogen) atoms. The predicted molar refractivity (Wildman–Crippen MR) is 57.0 cm³/mol. The Morgan fingerprint density at radius 3 is 1.86 bits per heavy atom. The molecule has 1 fully saturated rings. The third-order valence-corrected chi connectivity index (χ3v) is 3.51. The van der Waals surface area contributed by atoms with E-state index in [2.05, 4.69) is 20.8 Å². The Labute approximate surface area is 86.7 Å². The van der Waals surface area contributed by atoms with Crippen molar-refractivity contribution in [3.05, 3.63) is 0 Å². The second-order valence-corrected chi connectivity index (χ2v) is 6.60. The van der Waals surface area contributed by atoms with Crippen molar-refractivity contribution in [3.63, 3.8) is 0 Å². The summed E-state index contributed by atoms with van der Waals surface area (Å²) >= 11 is 0. The summed E-state index contributed by atoms with van der Waals surface area (Å²) in [6.45, 7) is 11.9. The van der Waals surface area contributed by atoms with E-state index in [9.17, 15) is 9.90 Å². The first-order valence-electron chi connectivity index (χ1n) is 5.27. The minimum Gasteiger partial charge on any atom is -0.381 e. The van der Waals surface area contributed by atoms with Crippen molar-refractivity contribution in [2.45, 2.75) is 53.6 Å². The summed E-state index contributed by atoms with van der Waals surface area (Å²) in [7, 11) is 0. The number of carbonyl (C=O) groups excluding carboxylic acids is 1. The molecule has 0 aliphatic heterocycles. The molecule has 0 heterocycles. The Morgan fingerprint density at radius 1 is 1.21 bits per heavy atom. The summed E-state index contributed by atoms with van der Waals surface area (Å²) in [5.74, 6) is 0.0456. The Morgan fingerprint density at radius 2 is 1.64 bits per heavy atom. The molecule has 0 saturated heterocycles. The van der Waals surface area contributed by atoms with E-state index in [4.69, 9.17) is 0 Å². The van der Waals surface area contributed by atoms with Crippen LogP contribution in [0.1, 0.15) is 48.0 Å². The summed E-state index contributed by atoms with van der Waals surface area (Å²) in [5, 5.41) is 10.2. The zero-order valence-electron chi connectivity index (χ0n) is 10.1. The van der Waals surface area contributed by atoms with Crippen LogP contribution in [0.25, 0.3) is 0 Å². The fourth-order valence-corrected chi connectivity index (χ4v) is 2.02. The lowest BCUT2D eigenvalue weighted by atomic mass is 9.52. The maximum Gasteiger partial charge on any atom is 0.168 e. The van der Waals surface area contributed by atoms with Gasteiger partial charge in [-0.1, -0.05) is 41.5 Å². The van der Waals surface area contributed by atoms with E-state index >= 15 is 0 Å². The van der Waals surface area contributed by atoms with Gasteiger partial charge in [-0.3, -0.25) is 4.79 Å². The van der Waals surface area contributed by atoms with Crippen molar-refractivity contribution in [3.8, 4) is 0 Å². The van der Waals surface area contributed by atoms with Gasteiger partial charge in [-0.25, -0.2) is 0 Å². The highest BCUT2D eigenvalue weighted by Gasteiger charge is 2.61. The number of rotatable bonds is 0. The fourth-order valence-electron chi connectivity index (χ4n) is 2.02. The molecule has 0 spiro atoms. The summed E-state index contributed by atoms with van der Waals surface area (Å²) in [6.07, 6.45) is 0.610. The van der Waals surface area contributed by atoms with Gasteiger partial charge in [0.2, 0.25) is 0 Å². The van der Waals surface area contributed by atoms with Gasteiger partial charge in [-0.05, 0) is 17.3 Å². The van der Waals surface area contributed by atoms with Crippen molar-refractivity contribution < 1.29 is 9.90 Å². The molecule has 2 heteroatoms. The van der Waals surface area contributed by atoms with E-state index in [-0.39, 0.29) is 22.5 Å². The monoisotopic (exact) mass is 198 g/mol. The Hall–Kier alpha value is -0.370. The normalized spacial score (nSPS) is 34.2. The van der Waals surface area contributed by atoms with Crippen LogP contribution in [0, 0.1) is 16.7 Å². The predicted octanol–water partition coefficient (Wildman–Crippen LogP) is 2.40. The van der Waals surface area contributed by atoms with E-state index < -0.39 is 5.60 Å². The maximum absolute atomic E-state index is 11.9. The Bertz CT molecular complexity index is 254. The third kappa shape index (κ3) is 1.50. The van der Waals surface area contributed by atoms with Gasteiger partial charge in [0.1, 0.15) is 5.60 Å². The summed E-state index contributed by atoms with van der Waals surface area (Å²) < 4.78 is 0. The van der Waals surface area contributed by atoms with Gasteiger partial charge >= 0.3 is 0 Å². The van der Waals surface area contributed by atoms with Gasteiger partial charge in [0.15, 0.2) is 5.78 Å². The van der Waals surface area contributed by atoms with Gasteiger partial charge in [-0.15, -0.1) is 0 Å². The molecule has 82 valence electrons. The summed E-state index contributed by atoms with van der Waals surface area (Å²) in [5.41, 5.74) is -1.45. The second kappa shape index (κ2) is 2.82. The molecule has 0 amide bonds. The van der Waals surface area contributed by atoms with Gasteiger partial charge < -0.3 is 5.11 Å². The van der Waals surface area contributed by atoms with E-state index in [1.807, 2.05) is 20.8 Å². The van der Waals surface area contributed by atoms with Crippen LogP contribution in [0.3, 0.4) is 0 Å². The molecule has 2 unspecified atom stereocenters. The summed E-state index contributed by atoms with van der Waals surface area (Å²) in [6, 6.07) is 0. The highest BCUT2D eigenvalue weighted by molar-refractivity contribution is 5.96. The summed E-state index contributed by atoms with van der Waals surface area (Å²) in [4.78, 5) is 11.9. The van der Waals surface area contributed by atoms with Crippen LogP contribution in [0.5, 0.6) is 0 Å². The first-order valence-corrected chi connectivity index (χ1v) is 5.27. The standard InChI is InChI=1S/C12H22O2/c1-10(2,3)8-7-12(14,9(8)13)11(4,5)6/h8,14H,7H2,1-6H3. The topological polar surface area (TPSA) is 37.3 Å². The number of carbonyl (C=O) groups is 1. The molecule has 1 rings (SSSR count). The molecular formula is C12H22O2. The average molecular weight is 198 g/mol. The molecule has 2 nitrogen and oxygen atoms in total. The molecule has 1 aliphatic rings. The van der Waals surface area contributed by atoms with E-state index in [1.54, 1.807) is 0 Å². The molecule has 1 saturated carbocycles. The average Bonchev–Trinajstić information content (AvgIpc) is 1.94. The first-order chi connectivity index (χ1) is 6.00. The number of aliphatic hydroxyl groups is 1. The minimum atomic E-state index is -1.09. The van der Waals surface area contributed by atoms with E-state index in [0.29, 0.717) is 6.42 Å². The van der Waals surface area contributed by atoms with Crippen LogP contribution < -0.4 is 0 Å². The molecule has 2 atom stereocenters. The molecular weight excluding hydrogens is 176 g/mol. The highest BCUT2D eigenvalue weighted by Crippen LogP contribution is 2.51. The molecule has 0 bridgehead atoms. The largest absolute Gasteiger partial charge is 0.381 e. The van der Waals surface area contributed by atoms with Crippen LogP contribution in [0.4, 0.5) is 0 Å². The lowest BCUT2D eigenvalue weighted by molar-refractivity contribution is -0.187. The smallest absolute Gasteiger partial charge is 0.168 e. The molecule has 1 aliphatic carbocycles. The lowest BCUT2D eigenvalue weighted by Gasteiger charge is -2.53. The van der Waals surface area contributed by atoms with Crippen LogP contribution in [0.15, 0.2) is 0 Å². The van der Waals surface area contributed by atoms with E-state index in [0.717, 1.165) is 0 Å².